The minimum atomic E-state index is -0.451. The number of nitrogens with one attached hydrogen (secondary N) is 1. The Labute approximate surface area is 178 Å². The molecule has 0 aliphatic heterocycles. The summed E-state index contributed by atoms with van der Waals surface area (Å²) in [7, 11) is 1.33. The Hall–Kier alpha value is -3.04. The van der Waals surface area contributed by atoms with Gasteiger partial charge in [-0.2, -0.15) is 0 Å². The first-order valence-electron chi connectivity index (χ1n) is 8.56. The molecular weight excluding hydrogens is 456 g/mol. The number of halogens is 1. The van der Waals surface area contributed by atoms with Gasteiger partial charge in [0.05, 0.1) is 12.7 Å². The highest BCUT2D eigenvalue weighted by Gasteiger charge is 2.13. The quantitative estimate of drug-likeness (QED) is 0.398. The Bertz CT molecular complexity index is 1170. The minimum absolute atomic E-state index is 0.352. The normalized spacial score (nSPS) is 10.7. The summed E-state index contributed by atoms with van der Waals surface area (Å²) < 4.78 is 11.5. The third-order valence-corrected chi connectivity index (χ3v) is 5.28. The average molecular weight is 471 g/mol. The van der Waals surface area contributed by atoms with E-state index in [2.05, 4.69) is 36.2 Å². The second-order valence-electron chi connectivity index (χ2n) is 5.96. The Balaban J connectivity index is 1.58. The lowest BCUT2D eigenvalue weighted by Crippen LogP contribution is -2.01. The highest BCUT2D eigenvalue weighted by molar-refractivity contribution is 9.10. The molecule has 0 amide bonds. The van der Waals surface area contributed by atoms with Crippen LogP contribution in [0.2, 0.25) is 0 Å². The number of ether oxygens (including phenoxy) is 2. The van der Waals surface area contributed by atoms with Crippen molar-refractivity contribution in [2.24, 2.45) is 0 Å². The average Bonchev–Trinajstić information content (AvgIpc) is 3.15. The summed E-state index contributed by atoms with van der Waals surface area (Å²) in [5.41, 5.74) is 2.01. The first-order chi connectivity index (χ1) is 14.1. The molecule has 4 aromatic rings. The van der Waals surface area contributed by atoms with Gasteiger partial charge in [0.15, 0.2) is 16.7 Å². The lowest BCUT2D eigenvalue weighted by molar-refractivity contribution is 0.0600. The van der Waals surface area contributed by atoms with Crippen LogP contribution in [0.3, 0.4) is 0 Å². The highest BCUT2D eigenvalue weighted by atomic mass is 79.9. The Morgan fingerprint density at radius 2 is 2.00 bits per heavy atom. The first kappa shape index (κ1) is 19.3. The van der Waals surface area contributed by atoms with Crippen molar-refractivity contribution in [2.45, 2.75) is 6.61 Å². The molecule has 0 saturated carbocycles. The van der Waals surface area contributed by atoms with Gasteiger partial charge >= 0.3 is 5.97 Å². The van der Waals surface area contributed by atoms with E-state index in [4.69, 9.17) is 9.47 Å². The standard InChI is InChI=1S/C20H15BrN4O3S/c1-27-19(26)13-7-15-18(23-9-13)29-20(24-15)25-17-16(8-14(21)10-22-17)28-11-12-5-3-2-4-6-12/h2-10H,11H2,1H3,(H,22,24,25). The SMILES string of the molecule is COC(=O)c1cnc2sc(Nc3ncc(Br)cc3OCc3ccccc3)nc2c1. The number of rotatable bonds is 6. The van der Waals surface area contributed by atoms with E-state index < -0.39 is 5.97 Å². The second-order valence-corrected chi connectivity index (χ2v) is 7.85. The predicted octanol–water partition coefficient (Wildman–Crippen LogP) is 4.96. The number of carbonyl (C=O) groups is 1. The fraction of sp³-hybridized carbons (Fsp3) is 0.100. The van der Waals surface area contributed by atoms with Gasteiger partial charge in [-0.05, 0) is 33.6 Å². The first-order valence-corrected chi connectivity index (χ1v) is 10.2. The summed E-state index contributed by atoms with van der Waals surface area (Å²) in [4.78, 5) is 25.6. The second kappa shape index (κ2) is 8.54. The summed E-state index contributed by atoms with van der Waals surface area (Å²) >= 11 is 4.78. The number of hydrogen-bond donors (Lipinski definition) is 1. The zero-order valence-corrected chi connectivity index (χ0v) is 17.7. The number of carbonyl (C=O) groups excluding carboxylic acids is 1. The van der Waals surface area contributed by atoms with Gasteiger partial charge in [0, 0.05) is 16.9 Å². The molecule has 3 aromatic heterocycles. The van der Waals surface area contributed by atoms with Crippen molar-refractivity contribution in [3.05, 3.63) is 70.5 Å². The number of pyridine rings is 2. The lowest BCUT2D eigenvalue weighted by Gasteiger charge is -2.11. The molecule has 0 atom stereocenters. The molecule has 9 heteroatoms. The van der Waals surface area contributed by atoms with E-state index in [-0.39, 0.29) is 0 Å². The van der Waals surface area contributed by atoms with Crippen LogP contribution in [-0.4, -0.2) is 28.0 Å². The highest BCUT2D eigenvalue weighted by Crippen LogP contribution is 2.32. The molecule has 0 radical (unpaired) electrons. The van der Waals surface area contributed by atoms with Crippen LogP contribution in [0, 0.1) is 0 Å². The van der Waals surface area contributed by atoms with Crippen LogP contribution in [0.15, 0.2) is 59.3 Å². The Kier molecular flexibility index (Phi) is 5.68. The van der Waals surface area contributed by atoms with Crippen molar-refractivity contribution in [3.8, 4) is 5.75 Å². The van der Waals surface area contributed by atoms with Gasteiger partial charge < -0.3 is 14.8 Å². The number of methoxy groups -OCH3 is 1. The number of fused-ring (bicyclic) bond motifs is 1. The van der Waals surface area contributed by atoms with Gasteiger partial charge in [0.1, 0.15) is 17.0 Å². The van der Waals surface area contributed by atoms with Crippen LogP contribution in [0.5, 0.6) is 5.75 Å². The Morgan fingerprint density at radius 1 is 1.17 bits per heavy atom. The van der Waals surface area contributed by atoms with Crippen molar-refractivity contribution in [1.82, 2.24) is 15.0 Å². The van der Waals surface area contributed by atoms with Gasteiger partial charge in [-0.1, -0.05) is 41.7 Å². The maximum Gasteiger partial charge on any atom is 0.339 e. The fourth-order valence-corrected chi connectivity index (χ4v) is 3.67. The lowest BCUT2D eigenvalue weighted by atomic mass is 10.2. The van der Waals surface area contributed by atoms with E-state index in [1.807, 2.05) is 36.4 Å². The molecular formula is C20H15BrN4O3S. The molecule has 1 N–H and O–H groups in total. The van der Waals surface area contributed by atoms with E-state index in [1.165, 1.54) is 24.6 Å². The van der Waals surface area contributed by atoms with Gasteiger partial charge in [0.25, 0.3) is 0 Å². The number of anilines is 2. The molecule has 3 heterocycles. The maximum absolute atomic E-state index is 11.7. The van der Waals surface area contributed by atoms with E-state index >= 15 is 0 Å². The molecule has 0 aliphatic carbocycles. The summed E-state index contributed by atoms with van der Waals surface area (Å²) in [6, 6.07) is 13.4. The molecule has 0 bridgehead atoms. The van der Waals surface area contributed by atoms with Crippen LogP contribution < -0.4 is 10.1 Å². The van der Waals surface area contributed by atoms with Gasteiger partial charge in [0.2, 0.25) is 0 Å². The zero-order valence-electron chi connectivity index (χ0n) is 15.3. The van der Waals surface area contributed by atoms with Crippen molar-refractivity contribution in [2.75, 3.05) is 12.4 Å². The monoisotopic (exact) mass is 470 g/mol. The van der Waals surface area contributed by atoms with Crippen molar-refractivity contribution in [1.29, 1.82) is 0 Å². The molecule has 0 aliphatic rings. The fourth-order valence-electron chi connectivity index (χ4n) is 2.57. The third-order valence-electron chi connectivity index (χ3n) is 3.95. The topological polar surface area (TPSA) is 86.2 Å². The zero-order chi connectivity index (χ0) is 20.2. The number of nitrogens with zero attached hydrogens (tertiary/aromatic N) is 3. The molecule has 0 spiro atoms. The van der Waals surface area contributed by atoms with Crippen LogP contribution in [0.4, 0.5) is 10.9 Å². The summed E-state index contributed by atoms with van der Waals surface area (Å²) in [5.74, 6) is 0.676. The van der Waals surface area contributed by atoms with Gasteiger partial charge in [-0.25, -0.2) is 19.7 Å². The van der Waals surface area contributed by atoms with Crippen molar-refractivity contribution in [3.63, 3.8) is 0 Å². The predicted molar refractivity (Wildman–Crippen MR) is 115 cm³/mol. The van der Waals surface area contributed by atoms with E-state index in [9.17, 15) is 4.79 Å². The third kappa shape index (κ3) is 4.52. The number of benzene rings is 1. The number of esters is 1. The summed E-state index contributed by atoms with van der Waals surface area (Å²) in [6.07, 6.45) is 3.15. The number of aromatic nitrogens is 3. The van der Waals surface area contributed by atoms with Crippen LogP contribution >= 0.6 is 27.3 Å². The van der Waals surface area contributed by atoms with Gasteiger partial charge in [-0.15, -0.1) is 0 Å². The van der Waals surface area contributed by atoms with Crippen LogP contribution in [-0.2, 0) is 11.3 Å². The van der Waals surface area contributed by atoms with Crippen LogP contribution in [0.25, 0.3) is 10.3 Å². The van der Waals surface area contributed by atoms with Crippen molar-refractivity contribution >= 4 is 54.5 Å². The summed E-state index contributed by atoms with van der Waals surface area (Å²) in [5, 5.41) is 3.77. The largest absolute Gasteiger partial charge is 0.485 e. The van der Waals surface area contributed by atoms with Crippen molar-refractivity contribution < 1.29 is 14.3 Å². The molecule has 146 valence electrons. The molecule has 1 aromatic carbocycles. The molecule has 4 rings (SSSR count). The maximum atomic E-state index is 11.7. The van der Waals surface area contributed by atoms with E-state index in [1.54, 1.807) is 12.3 Å². The Morgan fingerprint density at radius 3 is 2.79 bits per heavy atom. The van der Waals surface area contributed by atoms with Gasteiger partial charge in [-0.3, -0.25) is 0 Å². The molecule has 0 saturated heterocycles. The van der Waals surface area contributed by atoms with E-state index in [0.29, 0.717) is 39.2 Å². The smallest absolute Gasteiger partial charge is 0.339 e. The van der Waals surface area contributed by atoms with E-state index in [0.717, 1.165) is 10.0 Å². The number of thiazole rings is 1. The molecule has 0 unspecified atom stereocenters. The number of hydrogen-bond acceptors (Lipinski definition) is 8. The van der Waals surface area contributed by atoms with Crippen LogP contribution in [0.1, 0.15) is 15.9 Å². The minimum Gasteiger partial charge on any atom is -0.485 e. The molecule has 29 heavy (non-hydrogen) atoms. The summed E-state index contributed by atoms with van der Waals surface area (Å²) in [6.45, 7) is 0.414. The molecule has 0 fully saturated rings. The molecule has 7 nitrogen and oxygen atoms in total.